The van der Waals surface area contributed by atoms with Crippen LogP contribution in [-0.4, -0.2) is 58.2 Å². The van der Waals surface area contributed by atoms with E-state index in [-0.39, 0.29) is 17.9 Å². The molecule has 0 aliphatic carbocycles. The van der Waals surface area contributed by atoms with E-state index < -0.39 is 5.60 Å². The number of hydrogen-bond donors (Lipinski definition) is 1. The van der Waals surface area contributed by atoms with Crippen LogP contribution in [0.3, 0.4) is 0 Å². The summed E-state index contributed by atoms with van der Waals surface area (Å²) in [6.45, 7) is 2.06. The second-order valence-electron chi connectivity index (χ2n) is 9.51. The van der Waals surface area contributed by atoms with Crippen LogP contribution in [0.4, 0.5) is 4.39 Å². The molecule has 4 heterocycles. The number of rotatable bonds is 6. The fourth-order valence-electron chi connectivity index (χ4n) is 4.79. The topological polar surface area (TPSA) is 115 Å². The van der Waals surface area contributed by atoms with E-state index in [4.69, 9.17) is 16.1 Å². The van der Waals surface area contributed by atoms with Crippen molar-refractivity contribution in [3.05, 3.63) is 88.1 Å². The summed E-state index contributed by atoms with van der Waals surface area (Å²) in [5.41, 5.74) is 1.39. The maximum atomic E-state index is 13.3. The van der Waals surface area contributed by atoms with Gasteiger partial charge in [0.1, 0.15) is 17.5 Å². The minimum absolute atomic E-state index is 0.129. The Hall–Kier alpha value is -3.93. The predicted molar refractivity (Wildman–Crippen MR) is 137 cm³/mol. The number of nitrogens with zero attached hydrogens (tertiary/aromatic N) is 7. The SMILES string of the molecule is O=c1c2cnn(-c3ccc(F)cc3)c2ncn1CC1(O)CCN(Cc2ccc(-c3ncon3)cc2Cl)CC1. The molecule has 1 N–H and O–H groups in total. The average molecular weight is 536 g/mol. The summed E-state index contributed by atoms with van der Waals surface area (Å²) in [4.78, 5) is 23.8. The molecule has 12 heteroatoms. The second kappa shape index (κ2) is 9.75. The van der Waals surface area contributed by atoms with Crippen molar-refractivity contribution in [1.29, 1.82) is 0 Å². The van der Waals surface area contributed by atoms with Gasteiger partial charge in [0, 0.05) is 30.2 Å². The molecule has 1 fully saturated rings. The van der Waals surface area contributed by atoms with Crippen LogP contribution < -0.4 is 5.56 Å². The molecule has 0 atom stereocenters. The number of aromatic nitrogens is 6. The molecular formula is C26H23ClFN7O3. The highest BCUT2D eigenvalue weighted by Crippen LogP contribution is 2.28. The first kappa shape index (κ1) is 24.4. The largest absolute Gasteiger partial charge is 0.388 e. The highest BCUT2D eigenvalue weighted by Gasteiger charge is 2.33. The van der Waals surface area contributed by atoms with E-state index in [9.17, 15) is 14.3 Å². The summed E-state index contributed by atoms with van der Waals surface area (Å²) in [6, 6.07) is 11.5. The van der Waals surface area contributed by atoms with E-state index in [0.717, 1.165) is 11.1 Å². The van der Waals surface area contributed by atoms with Gasteiger partial charge in [-0.25, -0.2) is 14.1 Å². The Morgan fingerprint density at radius 1 is 1.11 bits per heavy atom. The van der Waals surface area contributed by atoms with Crippen LogP contribution in [0.15, 0.2) is 70.7 Å². The monoisotopic (exact) mass is 535 g/mol. The van der Waals surface area contributed by atoms with Gasteiger partial charge in [-0.1, -0.05) is 28.9 Å². The average Bonchev–Trinajstić information content (AvgIpc) is 3.60. The van der Waals surface area contributed by atoms with Crippen molar-refractivity contribution in [2.75, 3.05) is 13.1 Å². The molecule has 194 valence electrons. The number of likely N-dealkylation sites (tertiary alicyclic amines) is 1. The Labute approximate surface area is 220 Å². The third-order valence-electron chi connectivity index (χ3n) is 6.94. The summed E-state index contributed by atoms with van der Waals surface area (Å²) >= 11 is 6.51. The predicted octanol–water partition coefficient (Wildman–Crippen LogP) is 3.45. The Bertz CT molecular complexity index is 1640. The molecule has 1 aliphatic heterocycles. The lowest BCUT2D eigenvalue weighted by molar-refractivity contribution is -0.0364. The lowest BCUT2D eigenvalue weighted by Gasteiger charge is -2.38. The van der Waals surface area contributed by atoms with E-state index in [1.807, 2.05) is 18.2 Å². The quantitative estimate of drug-likeness (QED) is 0.351. The fraction of sp³-hybridized carbons (Fsp3) is 0.269. The molecule has 0 bridgehead atoms. The number of halogens is 2. The normalized spacial score (nSPS) is 15.8. The molecule has 10 nitrogen and oxygen atoms in total. The van der Waals surface area contributed by atoms with Gasteiger partial charge >= 0.3 is 0 Å². The van der Waals surface area contributed by atoms with Crippen molar-refractivity contribution in [3.8, 4) is 17.1 Å². The fourth-order valence-corrected chi connectivity index (χ4v) is 5.03. The molecule has 1 saturated heterocycles. The zero-order valence-corrected chi connectivity index (χ0v) is 20.9. The first-order chi connectivity index (χ1) is 18.4. The Balaban J connectivity index is 1.13. The van der Waals surface area contributed by atoms with E-state index in [1.54, 1.807) is 12.1 Å². The van der Waals surface area contributed by atoms with Crippen LogP contribution in [0.1, 0.15) is 18.4 Å². The van der Waals surface area contributed by atoms with E-state index >= 15 is 0 Å². The number of aliphatic hydroxyl groups is 1. The summed E-state index contributed by atoms with van der Waals surface area (Å²) in [5.74, 6) is 0.119. The lowest BCUT2D eigenvalue weighted by atomic mass is 9.91. The molecule has 0 unspecified atom stereocenters. The van der Waals surface area contributed by atoms with Crippen LogP contribution in [0, 0.1) is 5.82 Å². The summed E-state index contributed by atoms with van der Waals surface area (Å²) in [7, 11) is 0. The number of fused-ring (bicyclic) bond motifs is 1. The van der Waals surface area contributed by atoms with Crippen molar-refractivity contribution in [1.82, 2.24) is 34.4 Å². The van der Waals surface area contributed by atoms with Crippen LogP contribution in [0.5, 0.6) is 0 Å². The molecule has 6 rings (SSSR count). The third-order valence-corrected chi connectivity index (χ3v) is 7.30. The van der Waals surface area contributed by atoms with Gasteiger partial charge in [-0.15, -0.1) is 0 Å². The molecule has 2 aromatic carbocycles. The number of benzene rings is 2. The van der Waals surface area contributed by atoms with Crippen LogP contribution in [0.2, 0.25) is 5.02 Å². The molecule has 0 amide bonds. The molecular weight excluding hydrogens is 513 g/mol. The van der Waals surface area contributed by atoms with Crippen molar-refractivity contribution in [3.63, 3.8) is 0 Å². The smallest absolute Gasteiger partial charge is 0.264 e. The molecule has 0 spiro atoms. The summed E-state index contributed by atoms with van der Waals surface area (Å²) in [5, 5.41) is 20.3. The first-order valence-corrected chi connectivity index (χ1v) is 12.5. The second-order valence-corrected chi connectivity index (χ2v) is 9.92. The molecule has 38 heavy (non-hydrogen) atoms. The molecule has 1 aliphatic rings. The van der Waals surface area contributed by atoms with Gasteiger partial charge in [0.2, 0.25) is 12.2 Å². The Morgan fingerprint density at radius 2 is 1.89 bits per heavy atom. The van der Waals surface area contributed by atoms with Gasteiger partial charge in [-0.05, 0) is 48.7 Å². The van der Waals surface area contributed by atoms with E-state index in [1.165, 1.54) is 40.3 Å². The van der Waals surface area contributed by atoms with Gasteiger partial charge in [0.05, 0.1) is 24.0 Å². The highest BCUT2D eigenvalue weighted by atomic mass is 35.5. The summed E-state index contributed by atoms with van der Waals surface area (Å²) < 4.78 is 21.0. The van der Waals surface area contributed by atoms with Gasteiger partial charge in [0.15, 0.2) is 5.65 Å². The molecule has 0 radical (unpaired) electrons. The minimum Gasteiger partial charge on any atom is -0.388 e. The maximum Gasteiger partial charge on any atom is 0.264 e. The minimum atomic E-state index is -1.05. The molecule has 3 aromatic heterocycles. The lowest BCUT2D eigenvalue weighted by Crippen LogP contribution is -2.47. The standard InChI is InChI=1S/C26H23ClFN7O3/c27-22-11-17(23-30-16-38-32-23)1-2-18(22)13-33-9-7-26(37,8-10-33)14-34-15-29-24-21(25(34)36)12-31-35(24)20-5-3-19(28)4-6-20/h1-6,11-12,15-16,37H,7-10,13-14H2. The zero-order valence-electron chi connectivity index (χ0n) is 20.2. The van der Waals surface area contributed by atoms with Crippen LogP contribution >= 0.6 is 11.6 Å². The van der Waals surface area contributed by atoms with Crippen molar-refractivity contribution in [2.45, 2.75) is 31.5 Å². The first-order valence-electron chi connectivity index (χ1n) is 12.1. The zero-order chi connectivity index (χ0) is 26.3. The molecule has 5 aromatic rings. The van der Waals surface area contributed by atoms with Crippen LogP contribution in [-0.2, 0) is 13.1 Å². The number of piperidine rings is 1. The van der Waals surface area contributed by atoms with Gasteiger partial charge in [-0.3, -0.25) is 14.3 Å². The Kier molecular flexibility index (Phi) is 6.26. The van der Waals surface area contributed by atoms with Crippen molar-refractivity contribution in [2.24, 2.45) is 0 Å². The van der Waals surface area contributed by atoms with E-state index in [0.29, 0.717) is 60.0 Å². The van der Waals surface area contributed by atoms with Crippen molar-refractivity contribution >= 4 is 22.6 Å². The summed E-state index contributed by atoms with van der Waals surface area (Å²) in [6.07, 6.45) is 5.14. The molecule has 0 saturated carbocycles. The Morgan fingerprint density at radius 3 is 2.61 bits per heavy atom. The van der Waals surface area contributed by atoms with Gasteiger partial charge in [-0.2, -0.15) is 10.1 Å². The van der Waals surface area contributed by atoms with Crippen LogP contribution in [0.25, 0.3) is 28.1 Å². The van der Waals surface area contributed by atoms with Gasteiger partial charge in [0.25, 0.3) is 5.56 Å². The van der Waals surface area contributed by atoms with E-state index in [2.05, 4.69) is 25.1 Å². The van der Waals surface area contributed by atoms with Gasteiger partial charge < -0.3 is 9.63 Å². The number of hydrogen-bond acceptors (Lipinski definition) is 8. The van der Waals surface area contributed by atoms with Crippen molar-refractivity contribution < 1.29 is 14.0 Å². The third kappa shape index (κ3) is 4.71. The highest BCUT2D eigenvalue weighted by molar-refractivity contribution is 6.31. The maximum absolute atomic E-state index is 13.3.